The highest BCUT2D eigenvalue weighted by molar-refractivity contribution is 7.16. The molecule has 0 aliphatic rings. The van der Waals surface area contributed by atoms with E-state index in [0.717, 1.165) is 9.97 Å². The summed E-state index contributed by atoms with van der Waals surface area (Å²) in [5.41, 5.74) is 0.424. The fourth-order valence-corrected chi connectivity index (χ4v) is 3.11. The van der Waals surface area contributed by atoms with E-state index in [1.54, 1.807) is 23.0 Å². The summed E-state index contributed by atoms with van der Waals surface area (Å²) in [6, 6.07) is 3.22. The van der Waals surface area contributed by atoms with Crippen molar-refractivity contribution >= 4 is 22.2 Å². The molecule has 2 heterocycles. The van der Waals surface area contributed by atoms with Crippen molar-refractivity contribution < 1.29 is 19.0 Å². The first-order chi connectivity index (χ1) is 12.2. The molecule has 3 aromatic rings. The van der Waals surface area contributed by atoms with E-state index in [1.165, 1.54) is 32.7 Å². The fraction of sp³-hybridized carbons (Fsp3) is 0.333. The van der Waals surface area contributed by atoms with Gasteiger partial charge >= 0.3 is 0 Å². The van der Waals surface area contributed by atoms with E-state index in [4.69, 9.17) is 14.2 Å². The van der Waals surface area contributed by atoms with Gasteiger partial charge in [-0.3, -0.25) is 4.79 Å². The molecule has 0 radical (unpaired) electrons. The summed E-state index contributed by atoms with van der Waals surface area (Å²) in [5.74, 6) is 1.07. The predicted octanol–water partition coefficient (Wildman–Crippen LogP) is 1.18. The van der Waals surface area contributed by atoms with Crippen molar-refractivity contribution in [2.24, 2.45) is 0 Å². The molecule has 25 heavy (non-hydrogen) atoms. The molecule has 0 bridgehead atoms. The third-order valence-corrected chi connectivity index (χ3v) is 4.45. The van der Waals surface area contributed by atoms with Gasteiger partial charge in [-0.15, -0.1) is 10.2 Å². The number of methoxy groups -OCH3 is 3. The van der Waals surface area contributed by atoms with Gasteiger partial charge in [0.2, 0.25) is 10.7 Å². The van der Waals surface area contributed by atoms with Gasteiger partial charge in [0, 0.05) is 18.5 Å². The zero-order valence-corrected chi connectivity index (χ0v) is 14.8. The Labute approximate surface area is 147 Å². The van der Waals surface area contributed by atoms with E-state index in [1.807, 2.05) is 0 Å². The number of rotatable bonds is 7. The molecule has 0 saturated heterocycles. The second-order valence-electron chi connectivity index (χ2n) is 4.97. The maximum Gasteiger partial charge on any atom is 0.251 e. The monoisotopic (exact) mass is 363 g/mol. The molecule has 1 amide bonds. The summed E-state index contributed by atoms with van der Waals surface area (Å²) in [6.45, 7) is 0.444. The minimum absolute atomic E-state index is 0.234. The van der Waals surface area contributed by atoms with Gasteiger partial charge in [0.05, 0.1) is 21.3 Å². The Morgan fingerprint density at radius 3 is 2.52 bits per heavy atom. The molecule has 0 aliphatic carbocycles. The molecule has 1 aromatic carbocycles. The van der Waals surface area contributed by atoms with Gasteiger partial charge < -0.3 is 19.5 Å². The smallest absolute Gasteiger partial charge is 0.251 e. The number of ether oxygens (including phenoxy) is 3. The van der Waals surface area contributed by atoms with Gasteiger partial charge in [0.1, 0.15) is 11.3 Å². The summed E-state index contributed by atoms with van der Waals surface area (Å²) in [5, 5.41) is 15.7. The Kier molecular flexibility index (Phi) is 4.98. The average molecular weight is 363 g/mol. The quantitative estimate of drug-likeness (QED) is 0.673. The highest BCUT2D eigenvalue weighted by Gasteiger charge is 2.17. The summed E-state index contributed by atoms with van der Waals surface area (Å²) in [6.07, 6.45) is 2.15. The van der Waals surface area contributed by atoms with E-state index in [9.17, 15) is 4.79 Å². The Bertz CT molecular complexity index is 838. The molecule has 0 aliphatic heterocycles. The zero-order chi connectivity index (χ0) is 17.8. The Balaban J connectivity index is 1.67. The molecule has 9 nitrogen and oxygen atoms in total. The lowest BCUT2D eigenvalue weighted by Gasteiger charge is -2.14. The third-order valence-electron chi connectivity index (χ3n) is 3.48. The average Bonchev–Trinajstić information content (AvgIpc) is 3.21. The molecule has 1 N–H and O–H groups in total. The van der Waals surface area contributed by atoms with Crippen LogP contribution >= 0.6 is 11.3 Å². The lowest BCUT2D eigenvalue weighted by molar-refractivity contribution is 0.0953. The molecule has 10 heteroatoms. The molecule has 132 valence electrons. The SMILES string of the molecule is COc1cc(C(=O)NCCc2nn3cnnc3s2)cc(OC)c1OC. The molecule has 0 saturated carbocycles. The number of carbonyl (C=O) groups is 1. The Hall–Kier alpha value is -2.88. The highest BCUT2D eigenvalue weighted by Crippen LogP contribution is 2.38. The Morgan fingerprint density at radius 1 is 1.20 bits per heavy atom. The van der Waals surface area contributed by atoms with Gasteiger partial charge in [0.15, 0.2) is 11.5 Å². The maximum atomic E-state index is 12.4. The van der Waals surface area contributed by atoms with Crippen LogP contribution in [0.15, 0.2) is 18.5 Å². The number of carbonyl (C=O) groups excluding carboxylic acids is 1. The zero-order valence-electron chi connectivity index (χ0n) is 14.0. The van der Waals surface area contributed by atoms with Crippen molar-refractivity contribution in [3.05, 3.63) is 29.0 Å². The summed E-state index contributed by atoms with van der Waals surface area (Å²) >= 11 is 1.44. The second-order valence-corrected chi connectivity index (χ2v) is 6.01. The van der Waals surface area contributed by atoms with Gasteiger partial charge in [-0.1, -0.05) is 11.3 Å². The van der Waals surface area contributed by atoms with E-state index >= 15 is 0 Å². The minimum atomic E-state index is -0.234. The largest absolute Gasteiger partial charge is 0.493 e. The van der Waals surface area contributed by atoms with Gasteiger partial charge in [-0.05, 0) is 12.1 Å². The van der Waals surface area contributed by atoms with Crippen LogP contribution in [0, 0.1) is 0 Å². The predicted molar refractivity (Wildman–Crippen MR) is 90.8 cm³/mol. The van der Waals surface area contributed by atoms with Crippen LogP contribution in [-0.2, 0) is 6.42 Å². The number of amides is 1. The molecule has 0 atom stereocenters. The first-order valence-corrected chi connectivity index (χ1v) is 8.22. The van der Waals surface area contributed by atoms with Crippen LogP contribution in [-0.4, -0.2) is 53.6 Å². The molecule has 3 rings (SSSR count). The van der Waals surface area contributed by atoms with Gasteiger partial charge in [0.25, 0.3) is 5.91 Å². The number of hydrogen-bond donors (Lipinski definition) is 1. The van der Waals surface area contributed by atoms with Crippen LogP contribution in [0.1, 0.15) is 15.4 Å². The topological polar surface area (TPSA) is 99.9 Å². The molecule has 0 unspecified atom stereocenters. The van der Waals surface area contributed by atoms with Crippen molar-refractivity contribution in [1.29, 1.82) is 0 Å². The van der Waals surface area contributed by atoms with Crippen molar-refractivity contribution in [3.63, 3.8) is 0 Å². The van der Waals surface area contributed by atoms with Crippen molar-refractivity contribution in [1.82, 2.24) is 25.1 Å². The van der Waals surface area contributed by atoms with Crippen LogP contribution in [0.3, 0.4) is 0 Å². The van der Waals surface area contributed by atoms with Crippen LogP contribution in [0.5, 0.6) is 17.2 Å². The summed E-state index contributed by atoms with van der Waals surface area (Å²) in [7, 11) is 4.53. The Morgan fingerprint density at radius 2 is 1.92 bits per heavy atom. The number of benzene rings is 1. The normalized spacial score (nSPS) is 10.7. The van der Waals surface area contributed by atoms with Crippen LogP contribution < -0.4 is 19.5 Å². The van der Waals surface area contributed by atoms with Crippen molar-refractivity contribution in [2.75, 3.05) is 27.9 Å². The molecule has 0 fully saturated rings. The van der Waals surface area contributed by atoms with Crippen LogP contribution in [0.25, 0.3) is 4.96 Å². The minimum Gasteiger partial charge on any atom is -0.493 e. The lowest BCUT2D eigenvalue weighted by Crippen LogP contribution is -2.25. The highest BCUT2D eigenvalue weighted by atomic mass is 32.1. The summed E-state index contributed by atoms with van der Waals surface area (Å²) < 4.78 is 17.4. The van der Waals surface area contributed by atoms with Gasteiger partial charge in [-0.2, -0.15) is 9.61 Å². The van der Waals surface area contributed by atoms with Crippen molar-refractivity contribution in [3.8, 4) is 17.2 Å². The number of aromatic nitrogens is 4. The molecule has 0 spiro atoms. The van der Waals surface area contributed by atoms with E-state index in [-0.39, 0.29) is 5.91 Å². The van der Waals surface area contributed by atoms with E-state index in [0.29, 0.717) is 35.8 Å². The number of hydrogen-bond acceptors (Lipinski definition) is 8. The fourth-order valence-electron chi connectivity index (χ4n) is 2.30. The number of nitrogens with one attached hydrogen (secondary N) is 1. The summed E-state index contributed by atoms with van der Waals surface area (Å²) in [4.78, 5) is 13.1. The standard InChI is InChI=1S/C15H17N5O4S/c1-22-10-6-9(7-11(23-2)13(10)24-3)14(21)16-5-4-12-19-20-8-17-18-15(20)25-12/h6-8H,4-5H2,1-3H3,(H,16,21). The second kappa shape index (κ2) is 7.34. The lowest BCUT2D eigenvalue weighted by atomic mass is 10.1. The van der Waals surface area contributed by atoms with E-state index < -0.39 is 0 Å². The molecular formula is C15H17N5O4S. The first kappa shape index (κ1) is 17.0. The van der Waals surface area contributed by atoms with E-state index in [2.05, 4.69) is 20.6 Å². The van der Waals surface area contributed by atoms with Gasteiger partial charge in [-0.25, -0.2) is 0 Å². The van der Waals surface area contributed by atoms with Crippen molar-refractivity contribution in [2.45, 2.75) is 6.42 Å². The van der Waals surface area contributed by atoms with Crippen LogP contribution in [0.2, 0.25) is 0 Å². The number of nitrogens with zero attached hydrogens (tertiary/aromatic N) is 4. The molecular weight excluding hydrogens is 346 g/mol. The first-order valence-electron chi connectivity index (χ1n) is 7.40. The number of fused-ring (bicyclic) bond motifs is 1. The van der Waals surface area contributed by atoms with Crippen LogP contribution in [0.4, 0.5) is 0 Å². The third kappa shape index (κ3) is 3.48. The molecule has 2 aromatic heterocycles. The maximum absolute atomic E-state index is 12.4.